The SMILES string of the molecule is CCOc1ccc(N(CC(=O)N/N=C\c2cc(Br)ccc2OC)S(=O)(=O)c2ccc(C)cc2)cc1. The molecule has 3 aromatic carbocycles. The van der Waals surface area contributed by atoms with Crippen molar-refractivity contribution in [3.05, 3.63) is 82.3 Å². The summed E-state index contributed by atoms with van der Waals surface area (Å²) in [5.41, 5.74) is 4.28. The first-order chi connectivity index (χ1) is 16.7. The van der Waals surface area contributed by atoms with Gasteiger partial charge in [-0.25, -0.2) is 13.8 Å². The van der Waals surface area contributed by atoms with E-state index >= 15 is 0 Å². The molecule has 0 aliphatic heterocycles. The van der Waals surface area contributed by atoms with Gasteiger partial charge in [-0.3, -0.25) is 9.10 Å². The normalized spacial score (nSPS) is 11.3. The maximum absolute atomic E-state index is 13.5. The van der Waals surface area contributed by atoms with E-state index in [1.165, 1.54) is 25.5 Å². The highest BCUT2D eigenvalue weighted by Gasteiger charge is 2.27. The van der Waals surface area contributed by atoms with Crippen LogP contribution >= 0.6 is 15.9 Å². The Morgan fingerprint density at radius 2 is 1.77 bits per heavy atom. The standard InChI is InChI=1S/C25H26BrN3O5S/c1-4-34-22-10-8-21(9-11-22)29(35(31,32)23-12-5-18(2)6-13-23)17-25(30)28-27-16-19-15-20(26)7-14-24(19)33-3/h5-16H,4,17H2,1-3H3,(H,28,30)/b27-16-. The van der Waals surface area contributed by atoms with E-state index in [9.17, 15) is 13.2 Å². The first-order valence-corrected chi connectivity index (χ1v) is 13.0. The van der Waals surface area contributed by atoms with Crippen molar-refractivity contribution >= 4 is 43.8 Å². The molecule has 0 heterocycles. The Bertz CT molecular complexity index is 1290. The van der Waals surface area contributed by atoms with Crippen LogP contribution < -0.4 is 19.2 Å². The molecule has 0 bridgehead atoms. The first kappa shape index (κ1) is 26.2. The third-order valence-electron chi connectivity index (χ3n) is 4.92. The van der Waals surface area contributed by atoms with E-state index in [-0.39, 0.29) is 4.90 Å². The lowest BCUT2D eigenvalue weighted by Crippen LogP contribution is -2.39. The Hall–Kier alpha value is -3.37. The van der Waals surface area contributed by atoms with Crippen LogP contribution in [0.1, 0.15) is 18.1 Å². The number of methoxy groups -OCH3 is 1. The smallest absolute Gasteiger partial charge is 0.264 e. The molecule has 0 fully saturated rings. The zero-order valence-electron chi connectivity index (χ0n) is 19.6. The number of halogens is 1. The van der Waals surface area contributed by atoms with Gasteiger partial charge in [0.15, 0.2) is 0 Å². The number of hydrogen-bond acceptors (Lipinski definition) is 6. The topological polar surface area (TPSA) is 97.3 Å². The fraction of sp³-hybridized carbons (Fsp3) is 0.200. The van der Waals surface area contributed by atoms with Crippen molar-refractivity contribution in [3.63, 3.8) is 0 Å². The van der Waals surface area contributed by atoms with Gasteiger partial charge in [0.25, 0.3) is 15.9 Å². The molecule has 3 aromatic rings. The molecule has 1 N–H and O–H groups in total. The third-order valence-corrected chi connectivity index (χ3v) is 7.20. The second kappa shape index (κ2) is 11.9. The van der Waals surface area contributed by atoms with Crippen LogP contribution in [0.3, 0.4) is 0 Å². The molecule has 10 heteroatoms. The van der Waals surface area contributed by atoms with Crippen molar-refractivity contribution in [1.82, 2.24) is 5.43 Å². The van der Waals surface area contributed by atoms with Gasteiger partial charge in [0.05, 0.1) is 30.5 Å². The number of hydrogen-bond donors (Lipinski definition) is 1. The zero-order chi connectivity index (χ0) is 25.4. The van der Waals surface area contributed by atoms with E-state index in [0.717, 1.165) is 14.3 Å². The number of ether oxygens (including phenoxy) is 2. The number of nitrogens with zero attached hydrogens (tertiary/aromatic N) is 2. The highest BCUT2D eigenvalue weighted by molar-refractivity contribution is 9.10. The van der Waals surface area contributed by atoms with E-state index in [1.54, 1.807) is 48.5 Å². The summed E-state index contributed by atoms with van der Waals surface area (Å²) in [6, 6.07) is 18.3. The van der Waals surface area contributed by atoms with Crippen molar-refractivity contribution in [2.24, 2.45) is 5.10 Å². The minimum atomic E-state index is -4.03. The lowest BCUT2D eigenvalue weighted by Gasteiger charge is -2.24. The Balaban J connectivity index is 1.85. The highest BCUT2D eigenvalue weighted by Crippen LogP contribution is 2.26. The van der Waals surface area contributed by atoms with E-state index in [1.807, 2.05) is 19.9 Å². The van der Waals surface area contributed by atoms with Crippen LogP contribution in [0.4, 0.5) is 5.69 Å². The van der Waals surface area contributed by atoms with Gasteiger partial charge in [-0.05, 0) is 68.4 Å². The Kier molecular flexibility index (Phi) is 8.89. The Morgan fingerprint density at radius 3 is 2.40 bits per heavy atom. The van der Waals surface area contributed by atoms with Gasteiger partial charge in [0.2, 0.25) is 0 Å². The molecule has 0 aromatic heterocycles. The summed E-state index contributed by atoms with van der Waals surface area (Å²) >= 11 is 3.38. The van der Waals surface area contributed by atoms with Gasteiger partial charge in [0, 0.05) is 10.0 Å². The molecular formula is C25H26BrN3O5S. The van der Waals surface area contributed by atoms with Gasteiger partial charge >= 0.3 is 0 Å². The predicted molar refractivity (Wildman–Crippen MR) is 140 cm³/mol. The van der Waals surface area contributed by atoms with Crippen molar-refractivity contribution in [2.45, 2.75) is 18.7 Å². The average molecular weight is 560 g/mol. The van der Waals surface area contributed by atoms with Crippen LogP contribution in [-0.2, 0) is 14.8 Å². The van der Waals surface area contributed by atoms with Crippen LogP contribution in [0, 0.1) is 6.92 Å². The zero-order valence-corrected chi connectivity index (χ0v) is 22.0. The molecule has 0 spiro atoms. The predicted octanol–water partition coefficient (Wildman–Crippen LogP) is 4.51. The van der Waals surface area contributed by atoms with Gasteiger partial charge in [-0.15, -0.1) is 0 Å². The number of sulfonamides is 1. The Labute approximate surface area is 213 Å². The molecule has 0 saturated carbocycles. The highest BCUT2D eigenvalue weighted by atomic mass is 79.9. The minimum Gasteiger partial charge on any atom is -0.496 e. The summed E-state index contributed by atoms with van der Waals surface area (Å²) in [6.07, 6.45) is 1.43. The van der Waals surface area contributed by atoms with Crippen molar-refractivity contribution in [2.75, 3.05) is 24.6 Å². The molecule has 184 valence electrons. The second-order valence-corrected chi connectivity index (χ2v) is 10.2. The lowest BCUT2D eigenvalue weighted by molar-refractivity contribution is -0.119. The molecule has 0 unspecified atom stereocenters. The fourth-order valence-electron chi connectivity index (χ4n) is 3.17. The third kappa shape index (κ3) is 6.83. The quantitative estimate of drug-likeness (QED) is 0.291. The maximum atomic E-state index is 13.5. The summed E-state index contributed by atoms with van der Waals surface area (Å²) in [6.45, 7) is 3.73. The fourth-order valence-corrected chi connectivity index (χ4v) is 4.97. The van der Waals surface area contributed by atoms with Crippen molar-refractivity contribution in [3.8, 4) is 11.5 Å². The first-order valence-electron chi connectivity index (χ1n) is 10.7. The summed E-state index contributed by atoms with van der Waals surface area (Å²) in [5, 5.41) is 3.98. The van der Waals surface area contributed by atoms with E-state index in [4.69, 9.17) is 9.47 Å². The van der Waals surface area contributed by atoms with Gasteiger partial charge < -0.3 is 9.47 Å². The lowest BCUT2D eigenvalue weighted by atomic mass is 10.2. The number of aryl methyl sites for hydroxylation is 1. The summed E-state index contributed by atoms with van der Waals surface area (Å²) in [4.78, 5) is 12.8. The number of hydrazone groups is 1. The molecule has 8 nitrogen and oxygen atoms in total. The van der Waals surface area contributed by atoms with Crippen molar-refractivity contribution < 1.29 is 22.7 Å². The van der Waals surface area contributed by atoms with Crippen molar-refractivity contribution in [1.29, 1.82) is 0 Å². The largest absolute Gasteiger partial charge is 0.496 e. The van der Waals surface area contributed by atoms with Crippen LogP contribution in [0.5, 0.6) is 11.5 Å². The molecule has 0 saturated heterocycles. The van der Waals surface area contributed by atoms with E-state index in [2.05, 4.69) is 26.5 Å². The number of anilines is 1. The number of nitrogens with one attached hydrogen (secondary N) is 1. The summed E-state index contributed by atoms with van der Waals surface area (Å²) in [5.74, 6) is 0.560. The average Bonchev–Trinajstić information content (AvgIpc) is 2.84. The minimum absolute atomic E-state index is 0.0761. The second-order valence-electron chi connectivity index (χ2n) is 7.43. The number of benzene rings is 3. The molecule has 3 rings (SSSR count). The number of carbonyl (C=O) groups is 1. The molecule has 0 aliphatic carbocycles. The van der Waals surface area contributed by atoms with Crippen LogP contribution in [0.25, 0.3) is 0 Å². The molecule has 1 amide bonds. The maximum Gasteiger partial charge on any atom is 0.264 e. The number of carbonyl (C=O) groups excluding carboxylic acids is 1. The van der Waals surface area contributed by atoms with Crippen LogP contribution in [0.2, 0.25) is 0 Å². The molecule has 0 atom stereocenters. The van der Waals surface area contributed by atoms with Crippen LogP contribution in [0.15, 0.2) is 81.2 Å². The van der Waals surface area contributed by atoms with Gasteiger partial charge in [-0.1, -0.05) is 33.6 Å². The van der Waals surface area contributed by atoms with Gasteiger partial charge in [-0.2, -0.15) is 5.10 Å². The Morgan fingerprint density at radius 1 is 1.09 bits per heavy atom. The molecular weight excluding hydrogens is 534 g/mol. The summed E-state index contributed by atoms with van der Waals surface area (Å²) < 4.78 is 39.5. The van der Waals surface area contributed by atoms with Crippen LogP contribution in [-0.4, -0.2) is 40.8 Å². The van der Waals surface area contributed by atoms with E-state index in [0.29, 0.717) is 29.4 Å². The monoisotopic (exact) mass is 559 g/mol. The number of rotatable bonds is 10. The molecule has 0 radical (unpaired) electrons. The van der Waals surface area contributed by atoms with E-state index < -0.39 is 22.5 Å². The summed E-state index contributed by atoms with van der Waals surface area (Å²) in [7, 11) is -2.50. The molecule has 35 heavy (non-hydrogen) atoms. The number of amides is 1. The molecule has 0 aliphatic rings. The van der Waals surface area contributed by atoms with Gasteiger partial charge in [0.1, 0.15) is 18.0 Å².